The minimum Gasteiger partial charge on any atom is -0.428 e. The number of hydrogen-bond donors (Lipinski definition) is 2. The van der Waals surface area contributed by atoms with Crippen LogP contribution >= 0.6 is 23.1 Å². The van der Waals surface area contributed by atoms with Gasteiger partial charge in [0.25, 0.3) is 11.8 Å². The van der Waals surface area contributed by atoms with Crippen LogP contribution in [0.5, 0.6) is 0 Å². The minimum atomic E-state index is -0.930. The first-order valence-corrected chi connectivity index (χ1v) is 11.3. The van der Waals surface area contributed by atoms with Crippen molar-refractivity contribution in [1.82, 2.24) is 15.2 Å². The van der Waals surface area contributed by atoms with Crippen molar-refractivity contribution in [2.75, 3.05) is 39.1 Å². The number of nitrogens with one attached hydrogen (secondary N) is 1. The summed E-state index contributed by atoms with van der Waals surface area (Å²) in [5.41, 5.74) is 6.21. The molecule has 2 atom stereocenters. The molecule has 1 saturated heterocycles. The first-order valence-electron chi connectivity index (χ1n) is 9.38. The number of esters is 2. The zero-order valence-corrected chi connectivity index (χ0v) is 19.5. The molecule has 15 heteroatoms. The third-order valence-corrected chi connectivity index (χ3v) is 6.47. The summed E-state index contributed by atoms with van der Waals surface area (Å²) in [6.45, 7) is 0.671. The lowest BCUT2D eigenvalue weighted by Gasteiger charge is -2.49. The first kappa shape index (κ1) is 24.5. The Morgan fingerprint density at radius 2 is 2.09 bits per heavy atom. The highest BCUT2D eigenvalue weighted by atomic mass is 32.2. The highest BCUT2D eigenvalue weighted by Crippen LogP contribution is 2.40. The Kier molecular flexibility index (Phi) is 7.88. The number of thioether (sulfide) groups is 1. The Labute approximate surface area is 196 Å². The van der Waals surface area contributed by atoms with E-state index in [2.05, 4.69) is 20.2 Å². The van der Waals surface area contributed by atoms with Crippen LogP contribution in [-0.4, -0.2) is 84.1 Å². The summed E-state index contributed by atoms with van der Waals surface area (Å²) in [4.78, 5) is 59.3. The highest BCUT2D eigenvalue weighted by molar-refractivity contribution is 8.00. The molecule has 2 aliphatic rings. The van der Waals surface area contributed by atoms with Crippen LogP contribution in [0.1, 0.15) is 12.6 Å². The van der Waals surface area contributed by atoms with Crippen LogP contribution in [-0.2, 0) is 38.2 Å². The van der Waals surface area contributed by atoms with Crippen LogP contribution in [0.3, 0.4) is 0 Å². The zero-order chi connectivity index (χ0) is 24.1. The second-order valence-corrected chi connectivity index (χ2v) is 8.62. The highest BCUT2D eigenvalue weighted by Gasteiger charge is 2.54. The Morgan fingerprint density at radius 3 is 2.70 bits per heavy atom. The molecule has 0 saturated carbocycles. The summed E-state index contributed by atoms with van der Waals surface area (Å²) in [6.07, 6.45) is 0. The van der Waals surface area contributed by atoms with Gasteiger partial charge in [-0.3, -0.25) is 19.3 Å². The van der Waals surface area contributed by atoms with E-state index in [9.17, 15) is 19.2 Å². The number of β-lactam (4-membered cyclic amide) rings is 1. The predicted molar refractivity (Wildman–Crippen MR) is 117 cm³/mol. The molecule has 0 aliphatic carbocycles. The lowest BCUT2D eigenvalue weighted by atomic mass is 10.0. The summed E-state index contributed by atoms with van der Waals surface area (Å²) in [7, 11) is 2.72. The minimum absolute atomic E-state index is 0.00121. The number of carbonyl (C=O) groups is 4. The Balaban J connectivity index is 1.76. The molecule has 178 valence electrons. The number of methoxy groups -OCH3 is 1. The number of nitrogen functional groups attached to an aromatic ring is 1. The van der Waals surface area contributed by atoms with Gasteiger partial charge < -0.3 is 30.1 Å². The maximum absolute atomic E-state index is 12.9. The van der Waals surface area contributed by atoms with E-state index < -0.39 is 42.0 Å². The van der Waals surface area contributed by atoms with Crippen molar-refractivity contribution in [3.05, 3.63) is 22.3 Å². The predicted octanol–water partition coefficient (Wildman–Crippen LogP) is -0.560. The molecule has 3 N–H and O–H groups in total. The van der Waals surface area contributed by atoms with Crippen LogP contribution in [0.2, 0.25) is 0 Å². The van der Waals surface area contributed by atoms with Gasteiger partial charge in [0, 0.05) is 25.2 Å². The molecule has 0 radical (unpaired) electrons. The molecule has 0 spiro atoms. The van der Waals surface area contributed by atoms with Gasteiger partial charge in [-0.05, 0) is 5.57 Å². The zero-order valence-electron chi connectivity index (χ0n) is 17.9. The topological polar surface area (TPSA) is 172 Å². The number of thiazole rings is 1. The number of nitrogens with two attached hydrogens (primary N) is 1. The number of oxime groups is 1. The van der Waals surface area contributed by atoms with E-state index in [4.69, 9.17) is 20.0 Å². The average molecular weight is 500 g/mol. The summed E-state index contributed by atoms with van der Waals surface area (Å²) in [5, 5.41) is 7.51. The largest absolute Gasteiger partial charge is 0.428 e. The standard InChI is InChI=1S/C18H21N5O8S2/c1-8(24)30-7-31-17(27)13-9(4-28-2)5-32-16-12(15(26)23(13)16)21-14(25)11(22-29-3)10-6-33-18(19)20-10/h6,12,16H,4-5,7H2,1-3H3,(H2,19,20)(H,21,25)/t12?,16-/m0/s1. The molecule has 33 heavy (non-hydrogen) atoms. The van der Waals surface area contributed by atoms with Gasteiger partial charge in [0.05, 0.1) is 6.61 Å². The number of nitrogens with zero attached hydrogens (tertiary/aromatic N) is 3. The summed E-state index contributed by atoms with van der Waals surface area (Å²) >= 11 is 2.46. The molecule has 0 aromatic carbocycles. The lowest BCUT2D eigenvalue weighted by Crippen LogP contribution is -2.71. The Morgan fingerprint density at radius 1 is 1.33 bits per heavy atom. The fourth-order valence-corrected chi connectivity index (χ4v) is 4.97. The fraction of sp³-hybridized carbons (Fsp3) is 0.444. The van der Waals surface area contributed by atoms with Crippen molar-refractivity contribution in [1.29, 1.82) is 0 Å². The molecule has 1 aromatic rings. The van der Waals surface area contributed by atoms with Crippen molar-refractivity contribution in [3.8, 4) is 0 Å². The van der Waals surface area contributed by atoms with Crippen LogP contribution < -0.4 is 11.1 Å². The second-order valence-electron chi connectivity index (χ2n) is 6.63. The molecule has 3 rings (SSSR count). The van der Waals surface area contributed by atoms with Crippen molar-refractivity contribution < 1.29 is 38.2 Å². The van der Waals surface area contributed by atoms with Crippen molar-refractivity contribution in [3.63, 3.8) is 0 Å². The van der Waals surface area contributed by atoms with Gasteiger partial charge in [-0.2, -0.15) is 0 Å². The van der Waals surface area contributed by atoms with Crippen LogP contribution in [0.15, 0.2) is 21.8 Å². The summed E-state index contributed by atoms with van der Waals surface area (Å²) in [5.74, 6) is -2.32. The first-order chi connectivity index (χ1) is 15.8. The third kappa shape index (κ3) is 5.26. The van der Waals surface area contributed by atoms with E-state index in [0.717, 1.165) is 11.3 Å². The van der Waals surface area contributed by atoms with Crippen LogP contribution in [0.25, 0.3) is 0 Å². The molecular formula is C18H21N5O8S2. The number of amides is 2. The number of aromatic nitrogens is 1. The van der Waals surface area contributed by atoms with Gasteiger partial charge in [-0.1, -0.05) is 5.16 Å². The quantitative estimate of drug-likeness (QED) is 0.147. The van der Waals surface area contributed by atoms with Crippen LogP contribution in [0.4, 0.5) is 5.13 Å². The monoisotopic (exact) mass is 499 g/mol. The molecule has 2 amide bonds. The van der Waals surface area contributed by atoms with Crippen molar-refractivity contribution in [2.45, 2.75) is 18.3 Å². The van der Waals surface area contributed by atoms with Crippen molar-refractivity contribution >= 4 is 57.7 Å². The third-order valence-electron chi connectivity index (χ3n) is 4.46. The Hall–Kier alpha value is -3.17. The maximum Gasteiger partial charge on any atom is 0.358 e. The number of anilines is 1. The SMILES string of the molecule is COCC1=C(C(=O)OCOC(C)=O)N2C(=O)C(NC(=O)C(=NOC)c3csc(N)n3)[C@@H]2SC1. The number of carbonyl (C=O) groups excluding carboxylic acids is 4. The molecule has 1 unspecified atom stereocenters. The molecule has 3 heterocycles. The summed E-state index contributed by atoms with van der Waals surface area (Å²) < 4.78 is 14.7. The second kappa shape index (κ2) is 10.6. The van der Waals surface area contributed by atoms with E-state index in [1.165, 1.54) is 43.2 Å². The van der Waals surface area contributed by atoms with Gasteiger partial charge in [0.2, 0.25) is 6.79 Å². The van der Waals surface area contributed by atoms with E-state index >= 15 is 0 Å². The number of ether oxygens (including phenoxy) is 3. The molecule has 13 nitrogen and oxygen atoms in total. The number of hydrogen-bond acceptors (Lipinski definition) is 13. The average Bonchev–Trinajstić information content (AvgIpc) is 3.20. The molecule has 1 aromatic heterocycles. The number of rotatable bonds is 9. The molecule has 1 fully saturated rings. The van der Waals surface area contributed by atoms with Gasteiger partial charge in [0.1, 0.15) is 29.9 Å². The lowest BCUT2D eigenvalue weighted by molar-refractivity contribution is -0.166. The van der Waals surface area contributed by atoms with Gasteiger partial charge in [-0.15, -0.1) is 23.1 Å². The van der Waals surface area contributed by atoms with Gasteiger partial charge in [0.15, 0.2) is 10.8 Å². The van der Waals surface area contributed by atoms with E-state index in [0.29, 0.717) is 11.3 Å². The maximum atomic E-state index is 12.9. The summed E-state index contributed by atoms with van der Waals surface area (Å²) in [6, 6.07) is -0.930. The Bertz CT molecular complexity index is 1020. The fourth-order valence-electron chi connectivity index (χ4n) is 3.09. The van der Waals surface area contributed by atoms with Gasteiger partial charge in [-0.25, -0.2) is 9.78 Å². The van der Waals surface area contributed by atoms with E-state index in [1.807, 2.05) is 0 Å². The molecular weight excluding hydrogens is 478 g/mol. The number of fused-ring (bicyclic) bond motifs is 1. The smallest absolute Gasteiger partial charge is 0.358 e. The molecule has 0 bridgehead atoms. The normalized spacial score (nSPS) is 20.0. The molecule has 2 aliphatic heterocycles. The van der Waals surface area contributed by atoms with Crippen molar-refractivity contribution in [2.24, 2.45) is 5.16 Å². The van der Waals surface area contributed by atoms with E-state index in [1.54, 1.807) is 0 Å². The van der Waals surface area contributed by atoms with Gasteiger partial charge >= 0.3 is 11.9 Å². The van der Waals surface area contributed by atoms with E-state index in [-0.39, 0.29) is 28.8 Å². The van der Waals surface area contributed by atoms with Crippen LogP contribution in [0, 0.1) is 0 Å².